The van der Waals surface area contributed by atoms with Crippen LogP contribution in [0.1, 0.15) is 48.6 Å². The van der Waals surface area contributed by atoms with Crippen molar-refractivity contribution in [2.45, 2.75) is 45.9 Å². The van der Waals surface area contributed by atoms with Crippen LogP contribution in [0.5, 0.6) is 0 Å². The van der Waals surface area contributed by atoms with E-state index < -0.39 is 0 Å². The van der Waals surface area contributed by atoms with E-state index in [9.17, 15) is 4.79 Å². The van der Waals surface area contributed by atoms with Crippen LogP contribution in [-0.2, 0) is 27.3 Å². The van der Waals surface area contributed by atoms with Gasteiger partial charge in [-0.1, -0.05) is 0 Å². The number of aryl methyl sites for hydroxylation is 1. The van der Waals surface area contributed by atoms with E-state index in [1.165, 1.54) is 5.06 Å². The normalized spacial score (nSPS) is 25.7. The SMILES string of the molecule is CCn1nc(C(=O)N2CCOCCO2)c2c1[C@H](C)O[C@H](C)C2. The van der Waals surface area contributed by atoms with Gasteiger partial charge in [0.1, 0.15) is 0 Å². The summed E-state index contributed by atoms with van der Waals surface area (Å²) < 4.78 is 13.1. The minimum absolute atomic E-state index is 0.0545. The molecule has 7 nitrogen and oxygen atoms in total. The number of hydroxylamine groups is 2. The Kier molecular flexibility index (Phi) is 4.46. The zero-order valence-corrected chi connectivity index (χ0v) is 13.4. The fourth-order valence-corrected chi connectivity index (χ4v) is 3.13. The van der Waals surface area contributed by atoms with Gasteiger partial charge in [0.25, 0.3) is 5.91 Å². The molecule has 0 spiro atoms. The molecule has 0 aliphatic carbocycles. The van der Waals surface area contributed by atoms with Crippen LogP contribution >= 0.6 is 0 Å². The molecule has 0 unspecified atom stereocenters. The fourth-order valence-electron chi connectivity index (χ4n) is 3.13. The largest absolute Gasteiger partial charge is 0.377 e. The van der Waals surface area contributed by atoms with Gasteiger partial charge < -0.3 is 9.47 Å². The predicted octanol–water partition coefficient (Wildman–Crippen LogP) is 1.33. The number of rotatable bonds is 2. The summed E-state index contributed by atoms with van der Waals surface area (Å²) in [6.45, 7) is 8.56. The lowest BCUT2D eigenvalue weighted by Gasteiger charge is -2.27. The van der Waals surface area contributed by atoms with Crippen molar-refractivity contribution >= 4 is 5.91 Å². The zero-order valence-electron chi connectivity index (χ0n) is 13.4. The molecule has 0 N–H and O–H groups in total. The van der Waals surface area contributed by atoms with Gasteiger partial charge in [-0.05, 0) is 20.8 Å². The minimum Gasteiger partial charge on any atom is -0.377 e. The van der Waals surface area contributed by atoms with Crippen molar-refractivity contribution in [3.8, 4) is 0 Å². The fraction of sp³-hybridized carbons (Fsp3) is 0.733. The molecule has 2 aliphatic heterocycles. The third-order valence-electron chi connectivity index (χ3n) is 4.05. The van der Waals surface area contributed by atoms with Crippen molar-refractivity contribution < 1.29 is 19.1 Å². The number of aromatic nitrogens is 2. The first-order valence-electron chi connectivity index (χ1n) is 7.89. The number of carbonyl (C=O) groups is 1. The van der Waals surface area contributed by atoms with E-state index in [0.29, 0.717) is 45.0 Å². The molecule has 0 radical (unpaired) electrons. The van der Waals surface area contributed by atoms with E-state index in [2.05, 4.69) is 5.10 Å². The summed E-state index contributed by atoms with van der Waals surface area (Å²) in [5, 5.41) is 5.90. The van der Waals surface area contributed by atoms with Gasteiger partial charge in [-0.15, -0.1) is 0 Å². The molecule has 0 saturated carbocycles. The Bertz CT molecular complexity index is 549. The quantitative estimate of drug-likeness (QED) is 0.824. The van der Waals surface area contributed by atoms with E-state index in [4.69, 9.17) is 14.3 Å². The van der Waals surface area contributed by atoms with Crippen LogP contribution in [0.25, 0.3) is 0 Å². The van der Waals surface area contributed by atoms with Crippen molar-refractivity contribution in [3.63, 3.8) is 0 Å². The molecule has 0 aromatic carbocycles. The van der Waals surface area contributed by atoms with Gasteiger partial charge in [-0.3, -0.25) is 14.3 Å². The highest BCUT2D eigenvalue weighted by molar-refractivity contribution is 5.93. The van der Waals surface area contributed by atoms with Gasteiger partial charge in [-0.25, -0.2) is 5.06 Å². The van der Waals surface area contributed by atoms with Crippen LogP contribution in [0.2, 0.25) is 0 Å². The highest BCUT2D eigenvalue weighted by atomic mass is 16.7. The topological polar surface area (TPSA) is 65.8 Å². The van der Waals surface area contributed by atoms with Crippen LogP contribution in [0, 0.1) is 0 Å². The second kappa shape index (κ2) is 6.36. The van der Waals surface area contributed by atoms with Crippen molar-refractivity contribution in [3.05, 3.63) is 17.0 Å². The molecule has 1 saturated heterocycles. The van der Waals surface area contributed by atoms with Crippen molar-refractivity contribution in [2.24, 2.45) is 0 Å². The summed E-state index contributed by atoms with van der Waals surface area (Å²) >= 11 is 0. The maximum absolute atomic E-state index is 12.8. The molecule has 3 rings (SSSR count). The average molecular weight is 309 g/mol. The lowest BCUT2D eigenvalue weighted by Crippen LogP contribution is -2.34. The first-order valence-corrected chi connectivity index (χ1v) is 7.89. The molecular formula is C15H23N3O4. The molecular weight excluding hydrogens is 286 g/mol. The second-order valence-corrected chi connectivity index (χ2v) is 5.67. The summed E-state index contributed by atoms with van der Waals surface area (Å²) in [4.78, 5) is 18.3. The molecule has 2 atom stereocenters. The Balaban J connectivity index is 1.94. The molecule has 0 bridgehead atoms. The predicted molar refractivity (Wildman–Crippen MR) is 78.4 cm³/mol. The first kappa shape index (κ1) is 15.5. The number of nitrogens with zero attached hydrogens (tertiary/aromatic N) is 3. The third-order valence-corrected chi connectivity index (χ3v) is 4.05. The van der Waals surface area contributed by atoms with Crippen LogP contribution in [0.15, 0.2) is 0 Å². The average Bonchev–Trinajstić information content (AvgIpc) is 2.68. The van der Waals surface area contributed by atoms with E-state index >= 15 is 0 Å². The molecule has 1 amide bonds. The van der Waals surface area contributed by atoms with Crippen molar-refractivity contribution in [2.75, 3.05) is 26.4 Å². The van der Waals surface area contributed by atoms with Gasteiger partial charge >= 0.3 is 0 Å². The van der Waals surface area contributed by atoms with Crippen molar-refractivity contribution in [1.29, 1.82) is 0 Å². The summed E-state index contributed by atoms with van der Waals surface area (Å²) in [5.41, 5.74) is 2.49. The standard InChI is InChI=1S/C15H23N3O4/c1-4-17-14-11(3)22-10(2)9-12(14)13(16-17)15(19)18-5-6-20-7-8-21-18/h10-11H,4-9H2,1-3H3/t10-,11+/m1/s1. The van der Waals surface area contributed by atoms with Gasteiger partial charge in [0.15, 0.2) is 5.69 Å². The Morgan fingerprint density at radius 3 is 2.91 bits per heavy atom. The first-order chi connectivity index (χ1) is 10.6. The molecule has 1 aromatic heterocycles. The highest BCUT2D eigenvalue weighted by Gasteiger charge is 2.34. The smallest absolute Gasteiger partial charge is 0.298 e. The van der Waals surface area contributed by atoms with Crippen molar-refractivity contribution in [1.82, 2.24) is 14.8 Å². The summed E-state index contributed by atoms with van der Waals surface area (Å²) in [6.07, 6.45) is 0.725. The molecule has 1 aromatic rings. The van der Waals surface area contributed by atoms with Gasteiger partial charge in [0.05, 0.1) is 44.3 Å². The summed E-state index contributed by atoms with van der Waals surface area (Å²) in [5.74, 6) is -0.185. The maximum atomic E-state index is 12.8. The second-order valence-electron chi connectivity index (χ2n) is 5.67. The Morgan fingerprint density at radius 2 is 2.14 bits per heavy atom. The zero-order chi connectivity index (χ0) is 15.7. The molecule has 7 heteroatoms. The van der Waals surface area contributed by atoms with Crippen LogP contribution < -0.4 is 0 Å². The Morgan fingerprint density at radius 1 is 1.32 bits per heavy atom. The van der Waals surface area contributed by atoms with Gasteiger partial charge in [0, 0.05) is 18.5 Å². The summed E-state index contributed by atoms with van der Waals surface area (Å²) in [6, 6.07) is 0. The number of ether oxygens (including phenoxy) is 2. The van der Waals surface area contributed by atoms with Crippen LogP contribution in [0.3, 0.4) is 0 Å². The highest BCUT2D eigenvalue weighted by Crippen LogP contribution is 2.32. The number of hydrogen-bond donors (Lipinski definition) is 0. The lowest BCUT2D eigenvalue weighted by atomic mass is 9.99. The van der Waals surface area contributed by atoms with E-state index in [1.807, 2.05) is 25.5 Å². The Labute approximate surface area is 130 Å². The number of amides is 1. The molecule has 2 aliphatic rings. The lowest BCUT2D eigenvalue weighted by molar-refractivity contribution is -0.112. The van der Waals surface area contributed by atoms with Gasteiger partial charge in [-0.2, -0.15) is 5.10 Å². The number of fused-ring (bicyclic) bond motifs is 1. The minimum atomic E-state index is -0.185. The van der Waals surface area contributed by atoms with E-state index in [0.717, 1.165) is 11.3 Å². The number of hydrogen-bond acceptors (Lipinski definition) is 5. The van der Waals surface area contributed by atoms with Gasteiger partial charge in [0.2, 0.25) is 0 Å². The Hall–Kier alpha value is -1.44. The molecule has 122 valence electrons. The van der Waals surface area contributed by atoms with E-state index in [1.54, 1.807) is 0 Å². The van der Waals surface area contributed by atoms with Crippen LogP contribution in [-0.4, -0.2) is 53.2 Å². The van der Waals surface area contributed by atoms with Crippen LogP contribution in [0.4, 0.5) is 0 Å². The molecule has 22 heavy (non-hydrogen) atoms. The number of carbonyl (C=O) groups excluding carboxylic acids is 1. The maximum Gasteiger partial charge on any atom is 0.298 e. The van der Waals surface area contributed by atoms with E-state index in [-0.39, 0.29) is 18.1 Å². The molecule has 1 fully saturated rings. The third kappa shape index (κ3) is 2.76. The monoisotopic (exact) mass is 309 g/mol. The molecule has 3 heterocycles. The summed E-state index contributed by atoms with van der Waals surface area (Å²) in [7, 11) is 0.